The lowest BCUT2D eigenvalue weighted by molar-refractivity contribution is 0.298. The Bertz CT molecular complexity index is 502. The first-order chi connectivity index (χ1) is 8.29. The topological polar surface area (TPSA) is 31.4 Å². The van der Waals surface area contributed by atoms with E-state index < -0.39 is 0 Å². The van der Waals surface area contributed by atoms with Crippen molar-refractivity contribution >= 4 is 15.9 Å². The lowest BCUT2D eigenvalue weighted by Gasteiger charge is -2.08. The second-order valence-corrected chi connectivity index (χ2v) is 4.25. The predicted molar refractivity (Wildman–Crippen MR) is 69.3 cm³/mol. The summed E-state index contributed by atoms with van der Waals surface area (Å²) in [5.74, 6) is 1.55. The van der Waals surface area contributed by atoms with Crippen molar-refractivity contribution in [3.63, 3.8) is 0 Å². The third-order valence-electron chi connectivity index (χ3n) is 2.25. The van der Waals surface area contributed by atoms with Gasteiger partial charge >= 0.3 is 0 Å². The van der Waals surface area contributed by atoms with E-state index in [1.54, 1.807) is 13.3 Å². The summed E-state index contributed by atoms with van der Waals surface area (Å²) in [4.78, 5) is 4.23. The summed E-state index contributed by atoms with van der Waals surface area (Å²) in [6, 6.07) is 11.3. The maximum Gasteiger partial charge on any atom is 0.131 e. The van der Waals surface area contributed by atoms with Gasteiger partial charge in [-0.3, -0.25) is 4.98 Å². The molecule has 4 heteroatoms. The predicted octanol–water partition coefficient (Wildman–Crippen LogP) is 3.43. The van der Waals surface area contributed by atoms with Crippen molar-refractivity contribution in [1.29, 1.82) is 0 Å². The van der Waals surface area contributed by atoms with Crippen LogP contribution >= 0.6 is 15.9 Å². The third-order valence-corrected chi connectivity index (χ3v) is 2.97. The highest BCUT2D eigenvalue weighted by atomic mass is 79.9. The maximum atomic E-state index is 5.64. The lowest BCUT2D eigenvalue weighted by Crippen LogP contribution is -1.99. The van der Waals surface area contributed by atoms with Gasteiger partial charge in [0, 0.05) is 16.7 Å². The number of pyridine rings is 1. The van der Waals surface area contributed by atoms with Crippen molar-refractivity contribution in [2.75, 3.05) is 7.11 Å². The standard InChI is InChI=1S/C13H12BrNO2/c1-16-10-4-2-5-11(8-10)17-9-13-12(14)6-3-7-15-13/h2-8H,9H2,1H3. The summed E-state index contributed by atoms with van der Waals surface area (Å²) >= 11 is 3.43. The van der Waals surface area contributed by atoms with Gasteiger partial charge in [-0.2, -0.15) is 0 Å². The van der Waals surface area contributed by atoms with Crippen LogP contribution in [0.15, 0.2) is 47.1 Å². The van der Waals surface area contributed by atoms with Crippen LogP contribution in [-0.4, -0.2) is 12.1 Å². The molecule has 0 saturated heterocycles. The summed E-state index contributed by atoms with van der Waals surface area (Å²) in [7, 11) is 1.63. The minimum absolute atomic E-state index is 0.425. The molecule has 2 rings (SSSR count). The molecule has 0 radical (unpaired) electrons. The van der Waals surface area contributed by atoms with Crippen LogP contribution in [0.3, 0.4) is 0 Å². The van der Waals surface area contributed by atoms with Crippen LogP contribution in [0.2, 0.25) is 0 Å². The summed E-state index contributed by atoms with van der Waals surface area (Å²) in [6.45, 7) is 0.425. The van der Waals surface area contributed by atoms with Gasteiger partial charge in [0.25, 0.3) is 0 Å². The summed E-state index contributed by atoms with van der Waals surface area (Å²) in [6.07, 6.45) is 1.75. The summed E-state index contributed by atoms with van der Waals surface area (Å²) in [5, 5.41) is 0. The van der Waals surface area contributed by atoms with E-state index in [9.17, 15) is 0 Å². The fourth-order valence-corrected chi connectivity index (χ4v) is 1.74. The molecule has 1 aromatic carbocycles. The maximum absolute atomic E-state index is 5.64. The molecular formula is C13H12BrNO2. The van der Waals surface area contributed by atoms with Crippen LogP contribution in [0, 0.1) is 0 Å². The highest BCUT2D eigenvalue weighted by molar-refractivity contribution is 9.10. The Morgan fingerprint density at radius 2 is 2.00 bits per heavy atom. The number of hydrogen-bond donors (Lipinski definition) is 0. The second-order valence-electron chi connectivity index (χ2n) is 3.40. The van der Waals surface area contributed by atoms with Crippen LogP contribution in [0.4, 0.5) is 0 Å². The van der Waals surface area contributed by atoms with Gasteiger partial charge in [-0.05, 0) is 40.2 Å². The van der Waals surface area contributed by atoms with Gasteiger partial charge in [0.15, 0.2) is 0 Å². The Labute approximate surface area is 109 Å². The van der Waals surface area contributed by atoms with E-state index in [1.165, 1.54) is 0 Å². The van der Waals surface area contributed by atoms with E-state index in [1.807, 2.05) is 36.4 Å². The molecule has 0 fully saturated rings. The molecule has 17 heavy (non-hydrogen) atoms. The Kier molecular flexibility index (Phi) is 3.98. The minimum atomic E-state index is 0.425. The smallest absolute Gasteiger partial charge is 0.131 e. The van der Waals surface area contributed by atoms with Crippen molar-refractivity contribution in [3.05, 3.63) is 52.8 Å². The van der Waals surface area contributed by atoms with Crippen LogP contribution in [0.25, 0.3) is 0 Å². The zero-order valence-corrected chi connectivity index (χ0v) is 11.0. The number of rotatable bonds is 4. The van der Waals surface area contributed by atoms with E-state index >= 15 is 0 Å². The molecule has 0 aliphatic rings. The molecule has 0 amide bonds. The molecule has 0 saturated carbocycles. The second kappa shape index (κ2) is 5.68. The fourth-order valence-electron chi connectivity index (χ4n) is 1.37. The highest BCUT2D eigenvalue weighted by Gasteiger charge is 2.02. The Hall–Kier alpha value is -1.55. The normalized spacial score (nSPS) is 10.0. The average Bonchev–Trinajstić information content (AvgIpc) is 2.38. The quantitative estimate of drug-likeness (QED) is 0.865. The molecular weight excluding hydrogens is 282 g/mol. The minimum Gasteiger partial charge on any atom is -0.497 e. The van der Waals surface area contributed by atoms with E-state index in [0.29, 0.717) is 6.61 Å². The van der Waals surface area contributed by atoms with Crippen molar-refractivity contribution in [3.8, 4) is 11.5 Å². The molecule has 0 bridgehead atoms. The van der Waals surface area contributed by atoms with Crippen molar-refractivity contribution in [2.45, 2.75) is 6.61 Å². The Morgan fingerprint density at radius 1 is 1.18 bits per heavy atom. The largest absolute Gasteiger partial charge is 0.497 e. The Balaban J connectivity index is 2.05. The molecule has 88 valence electrons. The molecule has 0 unspecified atom stereocenters. The van der Waals surface area contributed by atoms with Crippen LogP contribution in [0.5, 0.6) is 11.5 Å². The summed E-state index contributed by atoms with van der Waals surface area (Å²) in [5.41, 5.74) is 0.871. The van der Waals surface area contributed by atoms with Gasteiger partial charge < -0.3 is 9.47 Å². The average molecular weight is 294 g/mol. The van der Waals surface area contributed by atoms with Crippen molar-refractivity contribution in [1.82, 2.24) is 4.98 Å². The van der Waals surface area contributed by atoms with Gasteiger partial charge in [0.1, 0.15) is 18.1 Å². The molecule has 0 atom stereocenters. The van der Waals surface area contributed by atoms with Crippen molar-refractivity contribution < 1.29 is 9.47 Å². The van der Waals surface area contributed by atoms with Gasteiger partial charge in [-0.25, -0.2) is 0 Å². The Morgan fingerprint density at radius 3 is 2.76 bits per heavy atom. The number of benzene rings is 1. The molecule has 2 aromatic rings. The van der Waals surface area contributed by atoms with Gasteiger partial charge in [-0.15, -0.1) is 0 Å². The zero-order valence-electron chi connectivity index (χ0n) is 9.39. The van der Waals surface area contributed by atoms with Crippen molar-refractivity contribution in [2.24, 2.45) is 0 Å². The number of aromatic nitrogens is 1. The first-order valence-electron chi connectivity index (χ1n) is 5.16. The fraction of sp³-hybridized carbons (Fsp3) is 0.154. The van der Waals surface area contributed by atoms with Gasteiger partial charge in [-0.1, -0.05) is 6.07 Å². The summed E-state index contributed by atoms with van der Waals surface area (Å²) < 4.78 is 11.7. The van der Waals surface area contributed by atoms with Crippen LogP contribution < -0.4 is 9.47 Å². The SMILES string of the molecule is COc1cccc(OCc2ncccc2Br)c1. The molecule has 0 N–H and O–H groups in total. The van der Waals surface area contributed by atoms with Gasteiger partial charge in [0.05, 0.1) is 12.8 Å². The van der Waals surface area contributed by atoms with Crippen LogP contribution in [-0.2, 0) is 6.61 Å². The molecule has 1 heterocycles. The molecule has 0 aliphatic carbocycles. The van der Waals surface area contributed by atoms with E-state index in [0.717, 1.165) is 21.7 Å². The van der Waals surface area contributed by atoms with Gasteiger partial charge in [0.2, 0.25) is 0 Å². The number of nitrogens with zero attached hydrogens (tertiary/aromatic N) is 1. The first-order valence-corrected chi connectivity index (χ1v) is 5.95. The zero-order chi connectivity index (χ0) is 12.1. The number of ether oxygens (including phenoxy) is 2. The molecule has 0 spiro atoms. The van der Waals surface area contributed by atoms with Crippen LogP contribution in [0.1, 0.15) is 5.69 Å². The number of halogens is 1. The van der Waals surface area contributed by atoms with E-state index in [2.05, 4.69) is 20.9 Å². The molecule has 3 nitrogen and oxygen atoms in total. The monoisotopic (exact) mass is 293 g/mol. The number of hydrogen-bond acceptors (Lipinski definition) is 3. The number of methoxy groups -OCH3 is 1. The molecule has 0 aliphatic heterocycles. The van der Waals surface area contributed by atoms with E-state index in [-0.39, 0.29) is 0 Å². The lowest BCUT2D eigenvalue weighted by atomic mass is 10.3. The first kappa shape index (κ1) is 11.9. The highest BCUT2D eigenvalue weighted by Crippen LogP contribution is 2.21. The molecule has 1 aromatic heterocycles. The van der Waals surface area contributed by atoms with E-state index in [4.69, 9.17) is 9.47 Å². The third kappa shape index (κ3) is 3.20.